The summed E-state index contributed by atoms with van der Waals surface area (Å²) < 4.78 is 4.39. The van der Waals surface area contributed by atoms with Crippen molar-refractivity contribution in [3.05, 3.63) is 102 Å². The van der Waals surface area contributed by atoms with Crippen molar-refractivity contribution < 1.29 is 4.40 Å². The van der Waals surface area contributed by atoms with Crippen LogP contribution in [0.1, 0.15) is 0 Å². The Bertz CT molecular complexity index is 1510. The van der Waals surface area contributed by atoms with E-state index in [2.05, 4.69) is 87.1 Å². The molecule has 3 nitrogen and oxygen atoms in total. The minimum absolute atomic E-state index is 0.722. The SMILES string of the molecule is Clc1cccc(-n2c[n+]3ccc4c5ccccc5[nH]c4c3c2-c2ccccc2)c1. The highest BCUT2D eigenvalue weighted by Gasteiger charge is 2.24. The molecule has 29 heavy (non-hydrogen) atoms. The zero-order chi connectivity index (χ0) is 19.4. The van der Waals surface area contributed by atoms with Crippen LogP contribution in [-0.2, 0) is 0 Å². The molecule has 0 atom stereocenters. The number of pyridine rings is 1. The first-order valence-corrected chi connectivity index (χ1v) is 9.94. The summed E-state index contributed by atoms with van der Waals surface area (Å²) >= 11 is 6.31. The number of aromatic amines is 1. The number of nitrogens with one attached hydrogen (secondary N) is 1. The molecule has 3 heterocycles. The summed E-state index contributed by atoms with van der Waals surface area (Å²) in [6.07, 6.45) is 4.25. The largest absolute Gasteiger partial charge is 0.351 e. The molecule has 0 spiro atoms. The van der Waals surface area contributed by atoms with Crippen LogP contribution in [0.15, 0.2) is 97.5 Å². The molecular formula is C25H17ClN3+. The first kappa shape index (κ1) is 16.4. The van der Waals surface area contributed by atoms with Crippen LogP contribution < -0.4 is 4.40 Å². The maximum Gasteiger partial charge on any atom is 0.254 e. The van der Waals surface area contributed by atoms with Crippen LogP contribution in [0.5, 0.6) is 0 Å². The molecule has 0 saturated carbocycles. The van der Waals surface area contributed by atoms with Crippen molar-refractivity contribution in [1.82, 2.24) is 9.55 Å². The minimum Gasteiger partial charge on any atom is -0.351 e. The number of hydrogen-bond donors (Lipinski definition) is 1. The summed E-state index contributed by atoms with van der Waals surface area (Å²) in [5.74, 6) is 0. The maximum atomic E-state index is 6.31. The van der Waals surface area contributed by atoms with E-state index >= 15 is 0 Å². The molecule has 3 aromatic carbocycles. The fraction of sp³-hybridized carbons (Fsp3) is 0. The molecule has 0 unspecified atom stereocenters. The number of benzene rings is 3. The Morgan fingerprint density at radius 1 is 0.793 bits per heavy atom. The third-order valence-corrected chi connectivity index (χ3v) is 5.72. The highest BCUT2D eigenvalue weighted by atomic mass is 35.5. The van der Waals surface area contributed by atoms with Gasteiger partial charge in [-0.3, -0.25) is 0 Å². The smallest absolute Gasteiger partial charge is 0.254 e. The number of aromatic nitrogens is 3. The number of H-pyrrole nitrogens is 1. The average Bonchev–Trinajstić information content (AvgIpc) is 3.33. The summed E-state index contributed by atoms with van der Waals surface area (Å²) in [4.78, 5) is 3.65. The summed E-state index contributed by atoms with van der Waals surface area (Å²) in [5.41, 5.74) is 6.73. The standard InChI is InChI=1S/C25H17ClN3/c26-18-9-6-10-19(15-18)29-16-28-14-13-21-20-11-4-5-12-22(20)27-23(21)25(28)24(29)17-7-2-1-3-8-17/h1-16,27H/q+1. The quantitative estimate of drug-likeness (QED) is 0.340. The zero-order valence-electron chi connectivity index (χ0n) is 15.5. The second kappa shape index (κ2) is 6.23. The van der Waals surface area contributed by atoms with Crippen LogP contribution in [0, 0.1) is 0 Å². The van der Waals surface area contributed by atoms with E-state index in [1.165, 1.54) is 10.8 Å². The molecular weight excluding hydrogens is 378 g/mol. The van der Waals surface area contributed by atoms with Gasteiger partial charge in [-0.15, -0.1) is 0 Å². The van der Waals surface area contributed by atoms with E-state index in [9.17, 15) is 0 Å². The number of imidazole rings is 1. The molecule has 0 aliphatic rings. The highest BCUT2D eigenvalue weighted by Crippen LogP contribution is 2.33. The topological polar surface area (TPSA) is 24.8 Å². The molecule has 6 aromatic rings. The van der Waals surface area contributed by atoms with Gasteiger partial charge in [0, 0.05) is 32.9 Å². The third-order valence-electron chi connectivity index (χ3n) is 5.48. The predicted octanol–water partition coefficient (Wildman–Crippen LogP) is 6.17. The van der Waals surface area contributed by atoms with Crippen LogP contribution in [0.2, 0.25) is 5.02 Å². The molecule has 0 amide bonds. The number of hydrogen-bond acceptors (Lipinski definition) is 0. The van der Waals surface area contributed by atoms with Gasteiger partial charge in [0.15, 0.2) is 5.69 Å². The number of halogens is 1. The lowest BCUT2D eigenvalue weighted by atomic mass is 10.1. The second-order valence-electron chi connectivity index (χ2n) is 7.21. The summed E-state index contributed by atoms with van der Waals surface area (Å²) in [6, 6.07) is 29.1. The summed E-state index contributed by atoms with van der Waals surface area (Å²) in [6.45, 7) is 0. The van der Waals surface area contributed by atoms with Crippen LogP contribution in [0.4, 0.5) is 0 Å². The van der Waals surface area contributed by atoms with Gasteiger partial charge < -0.3 is 4.98 Å². The molecule has 0 radical (unpaired) electrons. The molecule has 0 bridgehead atoms. The van der Waals surface area contributed by atoms with Gasteiger partial charge in [0.05, 0.1) is 11.7 Å². The Balaban J connectivity index is 1.80. The predicted molar refractivity (Wildman–Crippen MR) is 119 cm³/mol. The van der Waals surface area contributed by atoms with Crippen LogP contribution in [0.25, 0.3) is 44.3 Å². The summed E-state index contributed by atoms with van der Waals surface area (Å²) in [5, 5.41) is 3.18. The first-order valence-electron chi connectivity index (χ1n) is 9.57. The van der Waals surface area contributed by atoms with Crippen molar-refractivity contribution in [2.75, 3.05) is 0 Å². The van der Waals surface area contributed by atoms with E-state index in [0.29, 0.717) is 0 Å². The van der Waals surface area contributed by atoms with Gasteiger partial charge in [0.2, 0.25) is 5.52 Å². The Morgan fingerprint density at radius 3 is 2.48 bits per heavy atom. The monoisotopic (exact) mass is 394 g/mol. The van der Waals surface area contributed by atoms with Crippen molar-refractivity contribution in [2.24, 2.45) is 0 Å². The van der Waals surface area contributed by atoms with Crippen molar-refractivity contribution >= 4 is 38.9 Å². The van der Waals surface area contributed by atoms with Crippen LogP contribution in [-0.4, -0.2) is 9.55 Å². The molecule has 0 fully saturated rings. The average molecular weight is 395 g/mol. The van der Waals surface area contributed by atoms with Gasteiger partial charge in [0.25, 0.3) is 6.33 Å². The van der Waals surface area contributed by atoms with Gasteiger partial charge >= 0.3 is 0 Å². The fourth-order valence-corrected chi connectivity index (χ4v) is 4.39. The lowest BCUT2D eigenvalue weighted by molar-refractivity contribution is -0.510. The zero-order valence-corrected chi connectivity index (χ0v) is 16.3. The molecule has 6 rings (SSSR count). The van der Waals surface area contributed by atoms with E-state index in [1.807, 2.05) is 24.3 Å². The van der Waals surface area contributed by atoms with Gasteiger partial charge in [-0.2, -0.15) is 8.97 Å². The molecule has 3 aromatic heterocycles. The Hall–Kier alpha value is -3.56. The van der Waals surface area contributed by atoms with E-state index in [4.69, 9.17) is 11.6 Å². The second-order valence-corrected chi connectivity index (χ2v) is 7.65. The van der Waals surface area contributed by atoms with Gasteiger partial charge in [-0.25, -0.2) is 0 Å². The van der Waals surface area contributed by atoms with Crippen molar-refractivity contribution in [2.45, 2.75) is 0 Å². The highest BCUT2D eigenvalue weighted by molar-refractivity contribution is 6.30. The Morgan fingerprint density at radius 2 is 1.62 bits per heavy atom. The molecule has 0 aliphatic carbocycles. The van der Waals surface area contributed by atoms with Gasteiger partial charge in [-0.05, 0) is 24.3 Å². The van der Waals surface area contributed by atoms with E-state index in [-0.39, 0.29) is 0 Å². The maximum absolute atomic E-state index is 6.31. The number of fused-ring (bicyclic) bond motifs is 5. The fourth-order valence-electron chi connectivity index (χ4n) is 4.21. The van der Waals surface area contributed by atoms with E-state index in [1.54, 1.807) is 0 Å². The van der Waals surface area contributed by atoms with Gasteiger partial charge in [0.1, 0.15) is 5.69 Å². The van der Waals surface area contributed by atoms with Crippen LogP contribution in [0.3, 0.4) is 0 Å². The third kappa shape index (κ3) is 2.48. The number of rotatable bonds is 2. The molecule has 0 saturated heterocycles. The first-order chi connectivity index (χ1) is 14.3. The van der Waals surface area contributed by atoms with Gasteiger partial charge in [-0.1, -0.05) is 66.2 Å². The number of nitrogens with zero attached hydrogens (tertiary/aromatic N) is 2. The minimum atomic E-state index is 0.722. The molecule has 138 valence electrons. The van der Waals surface area contributed by atoms with Crippen molar-refractivity contribution in [3.63, 3.8) is 0 Å². The van der Waals surface area contributed by atoms with Crippen LogP contribution >= 0.6 is 11.6 Å². The van der Waals surface area contributed by atoms with Crippen molar-refractivity contribution in [1.29, 1.82) is 0 Å². The molecule has 4 heteroatoms. The normalized spacial score (nSPS) is 11.6. The van der Waals surface area contributed by atoms with Crippen molar-refractivity contribution in [3.8, 4) is 16.9 Å². The van der Waals surface area contributed by atoms with E-state index < -0.39 is 0 Å². The lowest BCUT2D eigenvalue weighted by Gasteiger charge is -2.03. The lowest BCUT2D eigenvalue weighted by Crippen LogP contribution is -2.17. The molecule has 1 N–H and O–H groups in total. The summed E-state index contributed by atoms with van der Waals surface area (Å²) in [7, 11) is 0. The Kier molecular flexibility index (Phi) is 3.52. The number of para-hydroxylation sites is 1. The molecule has 0 aliphatic heterocycles. The Labute approximate surface area is 172 Å². The van der Waals surface area contributed by atoms with E-state index in [0.717, 1.165) is 38.5 Å².